The Morgan fingerprint density at radius 1 is 1.36 bits per heavy atom. The molecule has 1 atom stereocenters. The van der Waals surface area contributed by atoms with Crippen molar-refractivity contribution in [3.8, 4) is 0 Å². The summed E-state index contributed by atoms with van der Waals surface area (Å²) in [6.45, 7) is 1.15. The van der Waals surface area contributed by atoms with E-state index in [0.29, 0.717) is 13.1 Å². The van der Waals surface area contributed by atoms with Crippen LogP contribution in [0.15, 0.2) is 24.3 Å². The summed E-state index contributed by atoms with van der Waals surface area (Å²) in [5.41, 5.74) is 0.958. The third kappa shape index (κ3) is 3.17. The monoisotopic (exact) mass is 339 g/mol. The summed E-state index contributed by atoms with van der Waals surface area (Å²) in [5.74, 6) is 0.168. The SMILES string of the molecule is CN(C)CCS(=O)(=O)N1CCCC1c1nc2ccccc2s1. The molecule has 7 heteroatoms. The smallest absolute Gasteiger partial charge is 0.216 e. The molecule has 5 nitrogen and oxygen atoms in total. The number of fused-ring (bicyclic) bond motifs is 1. The van der Waals surface area contributed by atoms with Crippen LogP contribution in [0.2, 0.25) is 0 Å². The summed E-state index contributed by atoms with van der Waals surface area (Å²) in [7, 11) is 0.555. The van der Waals surface area contributed by atoms with Gasteiger partial charge in [-0.3, -0.25) is 0 Å². The highest BCUT2D eigenvalue weighted by Gasteiger charge is 2.36. The first-order valence-electron chi connectivity index (χ1n) is 7.47. The lowest BCUT2D eigenvalue weighted by atomic mass is 10.2. The maximum Gasteiger partial charge on any atom is 0.216 e. The van der Waals surface area contributed by atoms with Crippen molar-refractivity contribution in [2.75, 3.05) is 32.9 Å². The minimum Gasteiger partial charge on any atom is -0.308 e. The molecule has 120 valence electrons. The molecule has 1 saturated heterocycles. The van der Waals surface area contributed by atoms with Crippen LogP contribution in [-0.2, 0) is 10.0 Å². The lowest BCUT2D eigenvalue weighted by Gasteiger charge is -2.23. The summed E-state index contributed by atoms with van der Waals surface area (Å²) >= 11 is 1.61. The van der Waals surface area contributed by atoms with E-state index in [1.54, 1.807) is 15.6 Å². The Bertz CT molecular complexity index is 722. The summed E-state index contributed by atoms with van der Waals surface area (Å²) in [6, 6.07) is 7.88. The van der Waals surface area contributed by atoms with Crippen LogP contribution < -0.4 is 0 Å². The van der Waals surface area contributed by atoms with Gasteiger partial charge in [-0.2, -0.15) is 4.31 Å². The Morgan fingerprint density at radius 3 is 2.86 bits per heavy atom. The molecule has 0 aliphatic carbocycles. The summed E-state index contributed by atoms with van der Waals surface area (Å²) < 4.78 is 28.0. The molecule has 22 heavy (non-hydrogen) atoms. The van der Waals surface area contributed by atoms with E-state index in [1.165, 1.54) is 0 Å². The molecule has 1 aliphatic heterocycles. The first kappa shape index (κ1) is 15.9. The van der Waals surface area contributed by atoms with Gasteiger partial charge in [0, 0.05) is 13.1 Å². The van der Waals surface area contributed by atoms with Gasteiger partial charge in [0.1, 0.15) is 5.01 Å². The van der Waals surface area contributed by atoms with Crippen molar-refractivity contribution < 1.29 is 8.42 Å². The standard InChI is InChI=1S/C15H21N3O2S2/c1-17(2)10-11-22(19,20)18-9-5-7-13(18)15-16-12-6-3-4-8-14(12)21-15/h3-4,6,8,13H,5,7,9-11H2,1-2H3. The second-order valence-electron chi connectivity index (χ2n) is 5.91. The van der Waals surface area contributed by atoms with Crippen LogP contribution in [0.3, 0.4) is 0 Å². The number of nitrogens with zero attached hydrogens (tertiary/aromatic N) is 3. The largest absolute Gasteiger partial charge is 0.308 e. The zero-order valence-electron chi connectivity index (χ0n) is 12.9. The van der Waals surface area contributed by atoms with Crippen LogP contribution in [0, 0.1) is 0 Å². The number of rotatable bonds is 5. The molecule has 1 fully saturated rings. The number of aromatic nitrogens is 1. The van der Waals surface area contributed by atoms with Crippen LogP contribution >= 0.6 is 11.3 Å². The van der Waals surface area contributed by atoms with Gasteiger partial charge in [-0.05, 0) is 39.1 Å². The Kier molecular flexibility index (Phi) is 4.49. The maximum absolute atomic E-state index is 12.6. The minimum atomic E-state index is -3.23. The predicted octanol–water partition coefficient (Wildman–Crippen LogP) is 2.32. The Morgan fingerprint density at radius 2 is 2.14 bits per heavy atom. The molecular weight excluding hydrogens is 318 g/mol. The number of benzene rings is 1. The van der Waals surface area contributed by atoms with Crippen molar-refractivity contribution in [2.24, 2.45) is 0 Å². The van der Waals surface area contributed by atoms with E-state index in [1.807, 2.05) is 43.3 Å². The molecule has 0 spiro atoms. The lowest BCUT2D eigenvalue weighted by Crippen LogP contribution is -2.35. The number of para-hydroxylation sites is 1. The van der Waals surface area contributed by atoms with Gasteiger partial charge in [-0.25, -0.2) is 13.4 Å². The van der Waals surface area contributed by atoms with Crippen molar-refractivity contribution in [1.29, 1.82) is 0 Å². The highest BCUT2D eigenvalue weighted by atomic mass is 32.2. The molecule has 1 aliphatic rings. The van der Waals surface area contributed by atoms with Crippen molar-refractivity contribution in [3.63, 3.8) is 0 Å². The molecule has 0 radical (unpaired) electrons. The van der Waals surface area contributed by atoms with Crippen molar-refractivity contribution in [2.45, 2.75) is 18.9 Å². The van der Waals surface area contributed by atoms with Gasteiger partial charge >= 0.3 is 0 Å². The fourth-order valence-corrected chi connectivity index (χ4v) is 5.78. The van der Waals surface area contributed by atoms with Gasteiger partial charge in [0.2, 0.25) is 10.0 Å². The number of hydrogen-bond acceptors (Lipinski definition) is 5. The van der Waals surface area contributed by atoms with E-state index >= 15 is 0 Å². The van der Waals surface area contributed by atoms with Gasteiger partial charge in [0.05, 0.1) is 22.0 Å². The summed E-state index contributed by atoms with van der Waals surface area (Å²) in [5, 5.41) is 0.923. The van der Waals surface area contributed by atoms with Crippen molar-refractivity contribution >= 4 is 31.6 Å². The topological polar surface area (TPSA) is 53.5 Å². The first-order chi connectivity index (χ1) is 10.5. The van der Waals surface area contributed by atoms with Crippen LogP contribution in [-0.4, -0.2) is 55.5 Å². The van der Waals surface area contributed by atoms with Gasteiger partial charge < -0.3 is 4.90 Å². The average Bonchev–Trinajstić information content (AvgIpc) is 3.11. The van der Waals surface area contributed by atoms with Crippen LogP contribution in [0.4, 0.5) is 0 Å². The second-order valence-corrected chi connectivity index (χ2v) is 9.01. The zero-order chi connectivity index (χ0) is 15.7. The normalized spacial score (nSPS) is 20.2. The Balaban J connectivity index is 1.86. The van der Waals surface area contributed by atoms with E-state index in [-0.39, 0.29) is 11.8 Å². The molecule has 0 N–H and O–H groups in total. The van der Waals surface area contributed by atoms with Crippen LogP contribution in [0.1, 0.15) is 23.9 Å². The molecule has 1 aromatic carbocycles. The van der Waals surface area contributed by atoms with Gasteiger partial charge in [0.25, 0.3) is 0 Å². The van der Waals surface area contributed by atoms with E-state index in [2.05, 4.69) is 4.98 Å². The number of sulfonamides is 1. The van der Waals surface area contributed by atoms with Gasteiger partial charge in [-0.1, -0.05) is 12.1 Å². The van der Waals surface area contributed by atoms with Crippen LogP contribution in [0.5, 0.6) is 0 Å². The van der Waals surface area contributed by atoms with Crippen molar-refractivity contribution in [1.82, 2.24) is 14.2 Å². The van der Waals surface area contributed by atoms with E-state index < -0.39 is 10.0 Å². The first-order valence-corrected chi connectivity index (χ1v) is 9.90. The number of thiazole rings is 1. The van der Waals surface area contributed by atoms with E-state index in [9.17, 15) is 8.42 Å². The van der Waals surface area contributed by atoms with Crippen LogP contribution in [0.25, 0.3) is 10.2 Å². The Labute approximate surface area is 135 Å². The summed E-state index contributed by atoms with van der Waals surface area (Å²) in [4.78, 5) is 6.56. The molecule has 2 aromatic rings. The van der Waals surface area contributed by atoms with Crippen molar-refractivity contribution in [3.05, 3.63) is 29.3 Å². The fraction of sp³-hybridized carbons (Fsp3) is 0.533. The molecule has 0 saturated carbocycles. The Hall–Kier alpha value is -1.02. The quantitative estimate of drug-likeness (QED) is 0.839. The zero-order valence-corrected chi connectivity index (χ0v) is 14.5. The summed E-state index contributed by atoms with van der Waals surface area (Å²) in [6.07, 6.45) is 1.77. The van der Waals surface area contributed by atoms with Gasteiger partial charge in [0.15, 0.2) is 0 Å². The molecular formula is C15H21N3O2S2. The van der Waals surface area contributed by atoms with E-state index in [4.69, 9.17) is 0 Å². The highest BCUT2D eigenvalue weighted by Crippen LogP contribution is 2.38. The number of hydrogen-bond donors (Lipinski definition) is 0. The second kappa shape index (κ2) is 6.23. The third-order valence-electron chi connectivity index (χ3n) is 3.95. The molecule has 3 rings (SSSR count). The van der Waals surface area contributed by atoms with Gasteiger partial charge in [-0.15, -0.1) is 11.3 Å². The van der Waals surface area contributed by atoms with E-state index in [0.717, 1.165) is 28.1 Å². The predicted molar refractivity (Wildman–Crippen MR) is 90.6 cm³/mol. The molecule has 2 heterocycles. The maximum atomic E-state index is 12.6. The third-order valence-corrected chi connectivity index (χ3v) is 6.94. The molecule has 0 amide bonds. The minimum absolute atomic E-state index is 0.0930. The molecule has 1 unspecified atom stereocenters. The fourth-order valence-electron chi connectivity index (χ4n) is 2.77. The highest BCUT2D eigenvalue weighted by molar-refractivity contribution is 7.89. The molecule has 0 bridgehead atoms. The lowest BCUT2D eigenvalue weighted by molar-refractivity contribution is 0.383. The average molecular weight is 339 g/mol. The molecule has 1 aromatic heterocycles.